The highest BCUT2D eigenvalue weighted by atomic mass is 16.5. The van der Waals surface area contributed by atoms with E-state index in [2.05, 4.69) is 50.6 Å². The number of carbonyl (C=O) groups excluding carboxylic acids is 2. The lowest BCUT2D eigenvalue weighted by molar-refractivity contribution is 0.0949. The van der Waals surface area contributed by atoms with Crippen molar-refractivity contribution in [3.63, 3.8) is 0 Å². The summed E-state index contributed by atoms with van der Waals surface area (Å²) in [6, 6.07) is 19.2. The summed E-state index contributed by atoms with van der Waals surface area (Å²) in [5.74, 6) is 0.705. The Bertz CT molecular complexity index is 1350. The summed E-state index contributed by atoms with van der Waals surface area (Å²) in [6.45, 7) is 14.4. The number of hydrogen-bond donors (Lipinski definition) is 3. The lowest BCUT2D eigenvalue weighted by Gasteiger charge is -2.38. The van der Waals surface area contributed by atoms with Crippen LogP contribution in [0.2, 0.25) is 0 Å². The topological polar surface area (TPSA) is 89.2 Å². The van der Waals surface area contributed by atoms with E-state index in [0.717, 1.165) is 79.8 Å². The maximum absolute atomic E-state index is 13.5. The van der Waals surface area contributed by atoms with Gasteiger partial charge in [0.25, 0.3) is 5.91 Å². The van der Waals surface area contributed by atoms with Gasteiger partial charge < -0.3 is 35.4 Å². The Labute approximate surface area is 249 Å². The molecule has 1 heterocycles. The van der Waals surface area contributed by atoms with Gasteiger partial charge in [-0.1, -0.05) is 44.2 Å². The molecule has 0 atom stereocenters. The lowest BCUT2D eigenvalue weighted by atomic mass is 10.1. The third-order valence-corrected chi connectivity index (χ3v) is 7.87. The normalized spacial score (nSPS) is 13.2. The van der Waals surface area contributed by atoms with Gasteiger partial charge in [0.15, 0.2) is 0 Å². The van der Waals surface area contributed by atoms with Crippen molar-refractivity contribution in [2.24, 2.45) is 0 Å². The molecule has 3 N–H and O–H groups in total. The molecule has 1 fully saturated rings. The summed E-state index contributed by atoms with van der Waals surface area (Å²) in [5, 5.41) is 8.99. The molecule has 0 saturated carbocycles. The number of amides is 3. The standard InChI is InChI=1S/C33H44N6O3/c1-6-37(7-2)18-17-34-32(40)27-23-26(35-33(41)36-31-24(3)11-10-12-25(31)4)15-16-28(27)38-19-21-39(22-20-38)29-13-8-9-14-30(29)42-5/h8-16,23H,6-7,17-22H2,1-5H3,(H,34,40)(H2,35,36,41). The van der Waals surface area contributed by atoms with Gasteiger partial charge in [-0.15, -0.1) is 0 Å². The van der Waals surface area contributed by atoms with Crippen molar-refractivity contribution >= 4 is 34.7 Å². The van der Waals surface area contributed by atoms with Crippen LogP contribution in [-0.4, -0.2) is 76.3 Å². The summed E-state index contributed by atoms with van der Waals surface area (Å²) < 4.78 is 5.58. The average molecular weight is 573 g/mol. The van der Waals surface area contributed by atoms with Crippen LogP contribution in [0.25, 0.3) is 0 Å². The molecule has 1 aliphatic rings. The first-order chi connectivity index (χ1) is 20.3. The molecule has 3 amide bonds. The summed E-state index contributed by atoms with van der Waals surface area (Å²) in [4.78, 5) is 33.3. The maximum atomic E-state index is 13.5. The van der Waals surface area contributed by atoms with Crippen LogP contribution in [0.3, 0.4) is 0 Å². The summed E-state index contributed by atoms with van der Waals surface area (Å²) in [7, 11) is 1.69. The number of urea groups is 1. The number of likely N-dealkylation sites (N-methyl/N-ethyl adjacent to an activating group) is 1. The van der Waals surface area contributed by atoms with Crippen LogP contribution in [0.1, 0.15) is 35.3 Å². The van der Waals surface area contributed by atoms with Crippen molar-refractivity contribution in [2.45, 2.75) is 27.7 Å². The van der Waals surface area contributed by atoms with E-state index in [0.29, 0.717) is 17.8 Å². The van der Waals surface area contributed by atoms with Crippen LogP contribution in [0, 0.1) is 13.8 Å². The number of methoxy groups -OCH3 is 1. The Morgan fingerprint density at radius 3 is 2.12 bits per heavy atom. The number of hydrogen-bond acceptors (Lipinski definition) is 6. The van der Waals surface area contributed by atoms with Crippen LogP contribution >= 0.6 is 0 Å². The van der Waals surface area contributed by atoms with Gasteiger partial charge in [-0.3, -0.25) is 4.79 Å². The molecule has 0 radical (unpaired) electrons. The fraction of sp³-hybridized carbons (Fsp3) is 0.394. The van der Waals surface area contributed by atoms with Gasteiger partial charge in [0.1, 0.15) is 5.75 Å². The molecule has 42 heavy (non-hydrogen) atoms. The molecule has 9 heteroatoms. The smallest absolute Gasteiger partial charge is 0.323 e. The Morgan fingerprint density at radius 2 is 1.48 bits per heavy atom. The fourth-order valence-corrected chi connectivity index (χ4v) is 5.40. The number of rotatable bonds is 11. The molecule has 224 valence electrons. The molecular weight excluding hydrogens is 528 g/mol. The lowest BCUT2D eigenvalue weighted by Crippen LogP contribution is -2.47. The monoisotopic (exact) mass is 572 g/mol. The molecule has 0 bridgehead atoms. The van der Waals surface area contributed by atoms with Gasteiger partial charge >= 0.3 is 6.03 Å². The molecule has 3 aromatic carbocycles. The number of carbonyl (C=O) groups is 2. The molecular formula is C33H44N6O3. The van der Waals surface area contributed by atoms with Gasteiger partial charge in [-0.2, -0.15) is 0 Å². The van der Waals surface area contributed by atoms with Crippen LogP contribution < -0.4 is 30.5 Å². The van der Waals surface area contributed by atoms with E-state index in [1.165, 1.54) is 0 Å². The van der Waals surface area contributed by atoms with Gasteiger partial charge in [-0.05, 0) is 68.4 Å². The van der Waals surface area contributed by atoms with Gasteiger partial charge in [0.05, 0.1) is 18.4 Å². The molecule has 0 unspecified atom stereocenters. The quantitative estimate of drug-likeness (QED) is 0.287. The minimum absolute atomic E-state index is 0.150. The number of benzene rings is 3. The summed E-state index contributed by atoms with van der Waals surface area (Å²) in [6.07, 6.45) is 0. The first-order valence-corrected chi connectivity index (χ1v) is 14.8. The van der Waals surface area contributed by atoms with Crippen molar-refractivity contribution in [1.82, 2.24) is 10.2 Å². The van der Waals surface area contributed by atoms with Crippen molar-refractivity contribution < 1.29 is 14.3 Å². The van der Waals surface area contributed by atoms with Crippen LogP contribution in [0.4, 0.5) is 27.5 Å². The second-order valence-electron chi connectivity index (χ2n) is 10.5. The highest BCUT2D eigenvalue weighted by Gasteiger charge is 2.24. The molecule has 1 saturated heterocycles. The zero-order chi connectivity index (χ0) is 30.1. The number of nitrogens with one attached hydrogen (secondary N) is 3. The predicted molar refractivity (Wildman–Crippen MR) is 173 cm³/mol. The molecule has 3 aromatic rings. The minimum Gasteiger partial charge on any atom is -0.495 e. The number of ether oxygens (including phenoxy) is 1. The van der Waals surface area contributed by atoms with Crippen molar-refractivity contribution in [3.05, 3.63) is 77.4 Å². The number of piperazine rings is 1. The van der Waals surface area contributed by atoms with E-state index >= 15 is 0 Å². The first-order valence-electron chi connectivity index (χ1n) is 14.8. The summed E-state index contributed by atoms with van der Waals surface area (Å²) >= 11 is 0. The zero-order valence-corrected chi connectivity index (χ0v) is 25.5. The Hall–Kier alpha value is -4.24. The van der Waals surface area contributed by atoms with Crippen molar-refractivity contribution in [1.29, 1.82) is 0 Å². The van der Waals surface area contributed by atoms with E-state index in [1.807, 2.05) is 62.4 Å². The second kappa shape index (κ2) is 14.6. The van der Waals surface area contributed by atoms with E-state index in [-0.39, 0.29) is 11.9 Å². The maximum Gasteiger partial charge on any atom is 0.323 e. The highest BCUT2D eigenvalue weighted by Crippen LogP contribution is 2.31. The van der Waals surface area contributed by atoms with Crippen LogP contribution in [-0.2, 0) is 0 Å². The average Bonchev–Trinajstić information content (AvgIpc) is 3.01. The van der Waals surface area contributed by atoms with E-state index in [9.17, 15) is 9.59 Å². The highest BCUT2D eigenvalue weighted by molar-refractivity contribution is 6.04. The van der Waals surface area contributed by atoms with Crippen molar-refractivity contribution in [2.75, 3.05) is 79.9 Å². The number of anilines is 4. The Morgan fingerprint density at radius 1 is 0.833 bits per heavy atom. The number of para-hydroxylation sites is 3. The zero-order valence-electron chi connectivity index (χ0n) is 25.5. The summed E-state index contributed by atoms with van der Waals surface area (Å²) in [5.41, 5.74) is 5.80. The van der Waals surface area contributed by atoms with E-state index < -0.39 is 0 Å². The van der Waals surface area contributed by atoms with E-state index in [4.69, 9.17) is 4.74 Å². The molecule has 1 aliphatic heterocycles. The van der Waals surface area contributed by atoms with Gasteiger partial charge in [-0.25, -0.2) is 4.79 Å². The Balaban J connectivity index is 1.52. The van der Waals surface area contributed by atoms with Crippen LogP contribution in [0.5, 0.6) is 5.75 Å². The Kier molecular flexibility index (Phi) is 10.7. The van der Waals surface area contributed by atoms with Crippen LogP contribution in [0.15, 0.2) is 60.7 Å². The van der Waals surface area contributed by atoms with Gasteiger partial charge in [0, 0.05) is 56.3 Å². The SMILES string of the molecule is CCN(CC)CCNC(=O)c1cc(NC(=O)Nc2c(C)cccc2C)ccc1N1CCN(c2ccccc2OC)CC1. The third-order valence-electron chi connectivity index (χ3n) is 7.87. The predicted octanol–water partition coefficient (Wildman–Crippen LogP) is 5.35. The number of nitrogens with zero attached hydrogens (tertiary/aromatic N) is 3. The minimum atomic E-state index is -0.349. The van der Waals surface area contributed by atoms with E-state index in [1.54, 1.807) is 13.2 Å². The number of aryl methyl sites for hydroxylation is 2. The first kappa shape index (κ1) is 30.7. The largest absolute Gasteiger partial charge is 0.495 e. The third kappa shape index (κ3) is 7.53. The van der Waals surface area contributed by atoms with Crippen molar-refractivity contribution in [3.8, 4) is 5.75 Å². The molecule has 0 aliphatic carbocycles. The molecule has 9 nitrogen and oxygen atoms in total. The fourth-order valence-electron chi connectivity index (χ4n) is 5.40. The molecule has 4 rings (SSSR count). The second-order valence-corrected chi connectivity index (χ2v) is 10.5. The molecule has 0 aromatic heterocycles. The van der Waals surface area contributed by atoms with Gasteiger partial charge in [0.2, 0.25) is 0 Å². The molecule has 0 spiro atoms.